The van der Waals surface area contributed by atoms with Crippen molar-refractivity contribution in [2.45, 2.75) is 77.4 Å². The number of carbonyl (C=O) groups excluding carboxylic acids is 1. The molecule has 6 nitrogen and oxygen atoms in total. The lowest BCUT2D eigenvalue weighted by molar-refractivity contribution is -0.143. The van der Waals surface area contributed by atoms with Gasteiger partial charge in [-0.3, -0.25) is 4.79 Å². The molecule has 0 aliphatic heterocycles. The monoisotopic (exact) mass is 519 g/mol. The zero-order valence-electron chi connectivity index (χ0n) is 18.0. The van der Waals surface area contributed by atoms with Gasteiger partial charge >= 0.3 is 12.1 Å². The number of ether oxygens (including phenoxy) is 1. The quantitative estimate of drug-likeness (QED) is 0.389. The molecule has 7 heteroatoms. The molecule has 164 valence electrons. The van der Waals surface area contributed by atoms with Crippen LogP contribution in [0.4, 0.5) is 4.79 Å². The van der Waals surface area contributed by atoms with Crippen molar-refractivity contribution in [1.29, 1.82) is 0 Å². The van der Waals surface area contributed by atoms with E-state index in [1.165, 1.54) is 0 Å². The first-order valence-corrected chi connectivity index (χ1v) is 11.0. The molecule has 1 rings (SSSR count). The Bertz CT molecular complexity index is 688. The van der Waals surface area contributed by atoms with E-state index in [1.54, 1.807) is 27.7 Å². The van der Waals surface area contributed by atoms with Crippen LogP contribution in [0.3, 0.4) is 0 Å². The smallest absolute Gasteiger partial charge is 0.407 e. The minimum atomic E-state index is -0.944. The second-order valence-corrected chi connectivity index (χ2v) is 10.1. The predicted octanol–water partition coefficient (Wildman–Crippen LogP) is 4.72. The first-order valence-electron chi connectivity index (χ1n) is 9.97. The molecule has 1 aromatic rings. The zero-order valence-corrected chi connectivity index (χ0v) is 20.2. The molecule has 3 N–H and O–H groups in total. The van der Waals surface area contributed by atoms with Crippen LogP contribution in [-0.2, 0) is 14.9 Å². The van der Waals surface area contributed by atoms with Gasteiger partial charge in [-0.25, -0.2) is 4.79 Å². The molecule has 1 amide bonds. The van der Waals surface area contributed by atoms with E-state index in [2.05, 4.69) is 34.8 Å². The maximum absolute atomic E-state index is 12.0. The average molecular weight is 519 g/mol. The van der Waals surface area contributed by atoms with Crippen LogP contribution in [0, 0.1) is 9.49 Å². The van der Waals surface area contributed by atoms with Crippen LogP contribution >= 0.6 is 22.6 Å². The fourth-order valence-electron chi connectivity index (χ4n) is 3.05. The van der Waals surface area contributed by atoms with Crippen LogP contribution in [0.5, 0.6) is 0 Å². The molecule has 0 radical (unpaired) electrons. The number of rotatable bonds is 10. The van der Waals surface area contributed by atoms with Crippen molar-refractivity contribution in [2.75, 3.05) is 6.61 Å². The number of aliphatic carboxylic acids is 1. The summed E-state index contributed by atoms with van der Waals surface area (Å²) in [7, 11) is 0. The number of alkyl carbamates (subject to hydrolysis) is 1. The molecule has 0 aromatic heterocycles. The van der Waals surface area contributed by atoms with E-state index >= 15 is 0 Å². The predicted molar refractivity (Wildman–Crippen MR) is 122 cm³/mol. The number of hydrogen-bond acceptors (Lipinski definition) is 4. The molecular weight excluding hydrogens is 485 g/mol. The molecule has 0 bridgehead atoms. The molecule has 0 aliphatic rings. The first kappa shape index (κ1) is 25.7. The van der Waals surface area contributed by atoms with E-state index in [9.17, 15) is 19.8 Å². The largest absolute Gasteiger partial charge is 0.481 e. The molecule has 0 fully saturated rings. The topological polar surface area (TPSA) is 95.9 Å². The summed E-state index contributed by atoms with van der Waals surface area (Å²) in [4.78, 5) is 23.9. The number of amides is 1. The van der Waals surface area contributed by atoms with Gasteiger partial charge in [-0.05, 0) is 99.6 Å². The van der Waals surface area contributed by atoms with Crippen molar-refractivity contribution in [3.63, 3.8) is 0 Å². The van der Waals surface area contributed by atoms with Crippen LogP contribution in [0.2, 0.25) is 0 Å². The van der Waals surface area contributed by atoms with Crippen molar-refractivity contribution in [3.8, 4) is 0 Å². The second-order valence-electron chi connectivity index (χ2n) is 8.89. The Labute approximate surface area is 187 Å². The number of aliphatic hydroxyl groups is 1. The number of hydrogen-bond donors (Lipinski definition) is 3. The summed E-state index contributed by atoms with van der Waals surface area (Å²) in [5.74, 6) is -0.572. The Kier molecular flexibility index (Phi) is 9.88. The van der Waals surface area contributed by atoms with E-state index in [4.69, 9.17) is 4.74 Å². The number of aliphatic hydroxyl groups excluding tert-OH is 1. The van der Waals surface area contributed by atoms with Crippen LogP contribution in [-0.4, -0.2) is 40.5 Å². The SMILES string of the molecule is CC(CCC(CO)NC(=O)OC(C)(C)C)CCC(C)(C(=O)O)c1cccc(I)c1. The van der Waals surface area contributed by atoms with E-state index in [1.807, 2.05) is 24.3 Å². The van der Waals surface area contributed by atoms with Crippen molar-refractivity contribution in [3.05, 3.63) is 33.4 Å². The summed E-state index contributed by atoms with van der Waals surface area (Å²) in [6.07, 6.45) is 2.08. The van der Waals surface area contributed by atoms with Crippen molar-refractivity contribution in [2.24, 2.45) is 5.92 Å². The number of halogens is 1. The fraction of sp³-hybridized carbons (Fsp3) is 0.636. The van der Waals surface area contributed by atoms with Crippen molar-refractivity contribution in [1.82, 2.24) is 5.32 Å². The van der Waals surface area contributed by atoms with Crippen LogP contribution in [0.1, 0.15) is 65.9 Å². The summed E-state index contributed by atoms with van der Waals surface area (Å²) in [6.45, 7) is 9.04. The van der Waals surface area contributed by atoms with E-state index in [0.717, 1.165) is 22.0 Å². The third kappa shape index (κ3) is 8.90. The lowest BCUT2D eigenvalue weighted by Crippen LogP contribution is -2.41. The summed E-state index contributed by atoms with van der Waals surface area (Å²) >= 11 is 2.19. The lowest BCUT2D eigenvalue weighted by atomic mass is 9.76. The minimum Gasteiger partial charge on any atom is -0.481 e. The van der Waals surface area contributed by atoms with Gasteiger partial charge in [-0.2, -0.15) is 0 Å². The van der Waals surface area contributed by atoms with E-state index in [0.29, 0.717) is 12.8 Å². The average Bonchev–Trinajstić information content (AvgIpc) is 2.61. The van der Waals surface area contributed by atoms with Gasteiger partial charge in [0.15, 0.2) is 0 Å². The standard InChI is InChI=1S/C22H34INO5/c1-15(9-10-18(14-25)24-20(28)29-21(2,3)4)11-12-22(5,19(26)27)16-7-6-8-17(23)13-16/h6-8,13,15,18,25H,9-12,14H2,1-5H3,(H,24,28)(H,26,27). The summed E-state index contributed by atoms with van der Waals surface area (Å²) in [6, 6.07) is 7.24. The van der Waals surface area contributed by atoms with Crippen LogP contribution in [0.25, 0.3) is 0 Å². The van der Waals surface area contributed by atoms with Gasteiger partial charge < -0.3 is 20.3 Å². The molecule has 3 atom stereocenters. The Morgan fingerprint density at radius 2 is 1.83 bits per heavy atom. The number of nitrogens with one attached hydrogen (secondary N) is 1. The Morgan fingerprint density at radius 1 is 1.17 bits per heavy atom. The third-order valence-electron chi connectivity index (χ3n) is 5.02. The van der Waals surface area contributed by atoms with E-state index < -0.39 is 23.1 Å². The van der Waals surface area contributed by atoms with Gasteiger partial charge in [-0.15, -0.1) is 0 Å². The normalized spacial score (nSPS) is 15.8. The molecular formula is C22H34INO5. The van der Waals surface area contributed by atoms with Gasteiger partial charge in [-0.1, -0.05) is 19.1 Å². The van der Waals surface area contributed by atoms with Gasteiger partial charge in [0.05, 0.1) is 18.1 Å². The molecule has 0 aliphatic carbocycles. The Balaban J connectivity index is 2.60. The fourth-order valence-corrected chi connectivity index (χ4v) is 3.60. The van der Waals surface area contributed by atoms with E-state index in [-0.39, 0.29) is 18.6 Å². The van der Waals surface area contributed by atoms with Gasteiger partial charge in [0.25, 0.3) is 0 Å². The lowest BCUT2D eigenvalue weighted by Gasteiger charge is -2.27. The highest BCUT2D eigenvalue weighted by Gasteiger charge is 2.35. The van der Waals surface area contributed by atoms with Gasteiger partial charge in [0.2, 0.25) is 0 Å². The number of carboxylic acids is 1. The summed E-state index contributed by atoms with van der Waals surface area (Å²) in [5.41, 5.74) is -0.724. The number of benzene rings is 1. The zero-order chi connectivity index (χ0) is 22.2. The minimum absolute atomic E-state index is 0.165. The molecule has 0 saturated heterocycles. The first-order chi connectivity index (χ1) is 13.4. The molecule has 0 saturated carbocycles. The molecule has 3 unspecified atom stereocenters. The Morgan fingerprint density at radius 3 is 2.34 bits per heavy atom. The highest BCUT2D eigenvalue weighted by atomic mass is 127. The van der Waals surface area contributed by atoms with Gasteiger partial charge in [0, 0.05) is 3.57 Å². The van der Waals surface area contributed by atoms with Crippen molar-refractivity contribution >= 4 is 34.7 Å². The number of carbonyl (C=O) groups is 2. The number of carboxylic acid groups (broad SMARTS) is 1. The second kappa shape index (κ2) is 11.2. The maximum Gasteiger partial charge on any atom is 0.407 e. The molecule has 1 aromatic carbocycles. The molecule has 0 spiro atoms. The highest BCUT2D eigenvalue weighted by Crippen LogP contribution is 2.32. The summed E-state index contributed by atoms with van der Waals surface area (Å²) in [5, 5.41) is 22.1. The summed E-state index contributed by atoms with van der Waals surface area (Å²) < 4.78 is 6.24. The molecule has 29 heavy (non-hydrogen) atoms. The maximum atomic E-state index is 12.0. The van der Waals surface area contributed by atoms with Crippen LogP contribution in [0.15, 0.2) is 24.3 Å². The third-order valence-corrected chi connectivity index (χ3v) is 5.69. The van der Waals surface area contributed by atoms with Crippen molar-refractivity contribution < 1.29 is 24.5 Å². The van der Waals surface area contributed by atoms with Gasteiger partial charge in [0.1, 0.15) is 5.60 Å². The van der Waals surface area contributed by atoms with Crippen LogP contribution < -0.4 is 5.32 Å². The Hall–Kier alpha value is -1.35. The molecule has 0 heterocycles. The highest BCUT2D eigenvalue weighted by molar-refractivity contribution is 14.1.